The first-order valence-corrected chi connectivity index (χ1v) is 8.24. The topological polar surface area (TPSA) is 165 Å². The highest BCUT2D eigenvalue weighted by Gasteiger charge is 2.29. The number of hydrazine groups is 1. The molecule has 0 unspecified atom stereocenters. The number of nitrogens with two attached hydrogens (primary N) is 1. The van der Waals surface area contributed by atoms with Gasteiger partial charge in [0.2, 0.25) is 0 Å². The van der Waals surface area contributed by atoms with E-state index in [0.717, 1.165) is 11.1 Å². The van der Waals surface area contributed by atoms with E-state index in [9.17, 15) is 14.7 Å². The molecule has 2 aromatic rings. The Bertz CT molecular complexity index is 722. The lowest BCUT2D eigenvalue weighted by molar-refractivity contribution is -0.165. The number of hydrogen-bond acceptors (Lipinski definition) is 7. The highest BCUT2D eigenvalue weighted by Crippen LogP contribution is 2.31. The Morgan fingerprint density at radius 2 is 1.14 bits per heavy atom. The Labute approximate surface area is 161 Å². The smallest absolute Gasteiger partial charge is 0.335 e. The Morgan fingerprint density at radius 1 is 0.786 bits per heavy atom. The summed E-state index contributed by atoms with van der Waals surface area (Å²) >= 11 is 0. The van der Waals surface area contributed by atoms with Crippen molar-refractivity contribution in [3.63, 3.8) is 0 Å². The largest absolute Gasteiger partial charge is 0.479 e. The number of benzene rings is 2. The van der Waals surface area contributed by atoms with Gasteiger partial charge >= 0.3 is 11.9 Å². The molecule has 152 valence electrons. The van der Waals surface area contributed by atoms with Crippen LogP contribution in [0.4, 0.5) is 0 Å². The summed E-state index contributed by atoms with van der Waals surface area (Å²) in [5.41, 5.74) is 1.86. The van der Waals surface area contributed by atoms with Crippen LogP contribution in [-0.4, -0.2) is 61.7 Å². The number of aliphatic hydroxyl groups is 3. The van der Waals surface area contributed by atoms with Crippen molar-refractivity contribution in [2.45, 2.75) is 24.4 Å². The van der Waals surface area contributed by atoms with E-state index in [4.69, 9.17) is 26.3 Å². The van der Waals surface area contributed by atoms with Gasteiger partial charge in [-0.25, -0.2) is 14.6 Å². The highest BCUT2D eigenvalue weighted by molar-refractivity contribution is 5.83. The third-order valence-corrected chi connectivity index (χ3v) is 3.83. The van der Waals surface area contributed by atoms with Crippen molar-refractivity contribution < 1.29 is 35.1 Å². The fourth-order valence-corrected chi connectivity index (χ4v) is 2.39. The molecule has 0 fully saturated rings. The number of aliphatic carboxylic acids is 2. The van der Waals surface area contributed by atoms with E-state index in [0.29, 0.717) is 0 Å². The number of likely N-dealkylation sites (N-methyl/N-ethyl adjacent to an activating group) is 1. The molecule has 2 rings (SSSR count). The van der Waals surface area contributed by atoms with Gasteiger partial charge in [-0.05, 0) is 11.1 Å². The van der Waals surface area contributed by atoms with Crippen molar-refractivity contribution in [1.29, 1.82) is 0 Å². The van der Waals surface area contributed by atoms with Gasteiger partial charge in [-0.15, -0.1) is 0 Å². The lowest BCUT2D eigenvalue weighted by Gasteiger charge is -2.29. The van der Waals surface area contributed by atoms with Crippen molar-refractivity contribution in [2.75, 3.05) is 7.05 Å². The molecule has 0 bridgehead atoms. The van der Waals surface area contributed by atoms with E-state index in [1.807, 2.05) is 60.7 Å². The van der Waals surface area contributed by atoms with Gasteiger partial charge in [0.1, 0.15) is 0 Å². The number of rotatable bonds is 7. The van der Waals surface area contributed by atoms with E-state index in [1.54, 1.807) is 12.1 Å². The normalized spacial score (nSPS) is 14.9. The first-order chi connectivity index (χ1) is 13.2. The first kappa shape index (κ1) is 23.2. The third kappa shape index (κ3) is 6.72. The second-order valence-electron chi connectivity index (χ2n) is 5.94. The van der Waals surface area contributed by atoms with Crippen LogP contribution in [0.15, 0.2) is 60.7 Å². The van der Waals surface area contributed by atoms with Gasteiger partial charge in [0.05, 0.1) is 12.1 Å². The molecule has 2 aromatic carbocycles. The molecule has 9 nitrogen and oxygen atoms in total. The van der Waals surface area contributed by atoms with E-state index in [1.165, 1.54) is 0 Å². The number of carboxylic acids is 2. The van der Waals surface area contributed by atoms with Gasteiger partial charge in [-0.2, -0.15) is 0 Å². The number of aliphatic hydroxyl groups excluding tert-OH is 3. The summed E-state index contributed by atoms with van der Waals surface area (Å²) in [7, 11) is 1.77. The van der Waals surface area contributed by atoms with Gasteiger partial charge in [0.15, 0.2) is 12.2 Å². The Kier molecular flexibility index (Phi) is 9.22. The maximum absolute atomic E-state index is 10.5. The fourth-order valence-electron chi connectivity index (χ4n) is 2.39. The molecular formula is C19H24N2O7. The van der Waals surface area contributed by atoms with Gasteiger partial charge in [-0.3, -0.25) is 5.84 Å². The Balaban J connectivity index is 0.000000336. The zero-order valence-electron chi connectivity index (χ0n) is 15.2. The minimum Gasteiger partial charge on any atom is -0.479 e. The van der Waals surface area contributed by atoms with Crippen LogP contribution in [0, 0.1) is 0 Å². The predicted molar refractivity (Wildman–Crippen MR) is 99.8 cm³/mol. The molecular weight excluding hydrogens is 368 g/mol. The fraction of sp³-hybridized carbons (Fsp3) is 0.263. The van der Waals surface area contributed by atoms with Crippen LogP contribution in [0.1, 0.15) is 23.3 Å². The summed E-state index contributed by atoms with van der Waals surface area (Å²) in [6.45, 7) is 0. The van der Waals surface area contributed by atoms with Crippen molar-refractivity contribution >= 4 is 11.9 Å². The molecule has 0 radical (unpaired) electrons. The predicted octanol–water partition coefficient (Wildman–Crippen LogP) is 0.144. The molecule has 0 saturated heterocycles. The molecule has 0 aromatic heterocycles. The van der Waals surface area contributed by atoms with Gasteiger partial charge in [0.25, 0.3) is 0 Å². The molecule has 4 atom stereocenters. The van der Waals surface area contributed by atoms with Crippen LogP contribution in [-0.2, 0) is 9.59 Å². The van der Waals surface area contributed by atoms with Crippen LogP contribution in [0.5, 0.6) is 0 Å². The van der Waals surface area contributed by atoms with Crippen LogP contribution >= 0.6 is 0 Å². The average molecular weight is 392 g/mol. The lowest BCUT2D eigenvalue weighted by Crippen LogP contribution is -2.39. The quantitative estimate of drug-likeness (QED) is 0.284. The number of hydrogen-bond donors (Lipinski definition) is 6. The molecule has 0 aliphatic rings. The van der Waals surface area contributed by atoms with Gasteiger partial charge in [0, 0.05) is 7.05 Å². The van der Waals surface area contributed by atoms with E-state index in [2.05, 4.69) is 0 Å². The summed E-state index contributed by atoms with van der Waals surface area (Å²) in [6.07, 6.45) is -5.18. The van der Waals surface area contributed by atoms with Crippen LogP contribution in [0.3, 0.4) is 0 Å². The summed E-state index contributed by atoms with van der Waals surface area (Å²) < 4.78 is 0. The Hall–Kier alpha value is -2.82. The van der Waals surface area contributed by atoms with Gasteiger partial charge in [-0.1, -0.05) is 60.7 Å². The first-order valence-electron chi connectivity index (χ1n) is 8.24. The third-order valence-electron chi connectivity index (χ3n) is 3.83. The molecule has 0 saturated carbocycles. The number of nitrogens with zero attached hydrogens (tertiary/aromatic N) is 1. The molecule has 0 spiro atoms. The second kappa shape index (κ2) is 11.1. The molecule has 9 heteroatoms. The van der Waals surface area contributed by atoms with Crippen molar-refractivity contribution in [1.82, 2.24) is 5.01 Å². The molecule has 0 heterocycles. The maximum Gasteiger partial charge on any atom is 0.335 e. The summed E-state index contributed by atoms with van der Waals surface area (Å²) in [4.78, 5) is 19.5. The molecule has 0 amide bonds. The minimum atomic E-state index is -2.27. The second-order valence-corrected chi connectivity index (χ2v) is 5.94. The van der Waals surface area contributed by atoms with Crippen molar-refractivity contribution in [3.05, 3.63) is 71.8 Å². The minimum absolute atomic E-state index is 0.256. The van der Waals surface area contributed by atoms with E-state index >= 15 is 0 Å². The maximum atomic E-state index is 10.5. The zero-order valence-corrected chi connectivity index (χ0v) is 15.2. The summed E-state index contributed by atoms with van der Waals surface area (Å²) in [5.74, 6) is 2.34. The highest BCUT2D eigenvalue weighted by atomic mass is 16.4. The van der Waals surface area contributed by atoms with E-state index < -0.39 is 30.3 Å². The lowest BCUT2D eigenvalue weighted by atomic mass is 9.95. The zero-order chi connectivity index (χ0) is 21.3. The Morgan fingerprint density at radius 3 is 1.46 bits per heavy atom. The van der Waals surface area contributed by atoms with Crippen LogP contribution in [0.2, 0.25) is 0 Å². The summed E-state index contributed by atoms with van der Waals surface area (Å²) in [5, 5.41) is 44.6. The monoisotopic (exact) mass is 392 g/mol. The van der Waals surface area contributed by atoms with Crippen molar-refractivity contribution in [3.8, 4) is 0 Å². The number of carbonyl (C=O) groups is 2. The van der Waals surface area contributed by atoms with Crippen LogP contribution in [0.25, 0.3) is 0 Å². The molecule has 0 aliphatic heterocycles. The van der Waals surface area contributed by atoms with E-state index in [-0.39, 0.29) is 6.04 Å². The SMILES string of the molecule is CN(N)[C@@H](c1ccccc1)[C@H](O)c1ccccc1.O=C(O)[C@@H](O)[C@H](O)C(=O)O. The van der Waals surface area contributed by atoms with Gasteiger partial charge < -0.3 is 25.5 Å². The van der Waals surface area contributed by atoms with Crippen LogP contribution < -0.4 is 5.84 Å². The standard InChI is InChI=1S/C15H18N2O.C4H6O6/c1-17(16)14(12-8-4-2-5-9-12)15(18)13-10-6-3-7-11-13;5-1(3(7)8)2(6)4(9)10/h2-11,14-15,18H,16H2,1H3;1-2,5-6H,(H,7,8)(H,9,10)/t14-,15+;1-,2-/m00/s1. The molecule has 0 aliphatic carbocycles. The van der Waals surface area contributed by atoms with Crippen molar-refractivity contribution in [2.24, 2.45) is 5.84 Å². The molecule has 7 N–H and O–H groups in total. The number of carboxylic acid groups (broad SMARTS) is 2. The average Bonchev–Trinajstić information content (AvgIpc) is 2.68. The summed E-state index contributed by atoms with van der Waals surface area (Å²) in [6, 6.07) is 19.1. The molecule has 28 heavy (non-hydrogen) atoms.